The van der Waals surface area contributed by atoms with Gasteiger partial charge in [0.05, 0.1) is 0 Å². The van der Waals surface area contributed by atoms with E-state index in [1.807, 2.05) is 12.1 Å². The van der Waals surface area contributed by atoms with Gasteiger partial charge in [-0.25, -0.2) is 0 Å². The number of hydrogen-bond acceptors (Lipinski definition) is 1. The summed E-state index contributed by atoms with van der Waals surface area (Å²) in [5.74, 6) is 0. The van der Waals surface area contributed by atoms with Gasteiger partial charge >= 0.3 is 0 Å². The Morgan fingerprint density at radius 1 is 0.696 bits per heavy atom. The summed E-state index contributed by atoms with van der Waals surface area (Å²) in [6.45, 7) is 0. The number of rotatable bonds is 2. The highest BCUT2D eigenvalue weighted by Gasteiger charge is 2.06. The Morgan fingerprint density at radius 3 is 2.26 bits per heavy atom. The molecule has 0 bridgehead atoms. The molecule has 0 saturated carbocycles. The normalized spacial score (nSPS) is 10.6. The van der Waals surface area contributed by atoms with E-state index in [0.717, 1.165) is 11.3 Å². The van der Waals surface area contributed by atoms with Crippen LogP contribution >= 0.6 is 0 Å². The first-order valence-electron chi connectivity index (χ1n) is 7.59. The zero-order valence-corrected chi connectivity index (χ0v) is 12.6. The molecule has 0 radical (unpaired) electrons. The van der Waals surface area contributed by atoms with Crippen LogP contribution in [0.2, 0.25) is 0 Å². The van der Waals surface area contributed by atoms with Crippen molar-refractivity contribution in [2.75, 3.05) is 5.32 Å². The minimum atomic E-state index is 0.933. The zero-order chi connectivity index (χ0) is 15.6. The summed E-state index contributed by atoms with van der Waals surface area (Å²) in [5, 5.41) is 7.94. The molecular weight excluding hydrogens is 278 g/mol. The molecule has 0 spiro atoms. The maximum absolute atomic E-state index is 5.34. The van der Waals surface area contributed by atoms with E-state index in [2.05, 4.69) is 78.1 Å². The molecule has 23 heavy (non-hydrogen) atoms. The summed E-state index contributed by atoms with van der Waals surface area (Å²) in [6, 6.07) is 30.1. The second kappa shape index (κ2) is 5.51. The van der Waals surface area contributed by atoms with Crippen LogP contribution < -0.4 is 5.32 Å². The first-order chi connectivity index (χ1) is 11.3. The quantitative estimate of drug-likeness (QED) is 0.285. The summed E-state index contributed by atoms with van der Waals surface area (Å²) in [4.78, 5) is 0. The molecule has 0 amide bonds. The van der Waals surface area contributed by atoms with Crippen LogP contribution in [-0.2, 0) is 0 Å². The molecule has 0 saturated heterocycles. The Hall–Kier alpha value is -3.24. The fraction of sp³-hybridized carbons (Fsp3) is 0. The van der Waals surface area contributed by atoms with Crippen LogP contribution in [0.25, 0.3) is 32.7 Å². The van der Waals surface area contributed by atoms with Crippen molar-refractivity contribution in [3.8, 4) is 23.6 Å². The smallest absolute Gasteiger partial charge is 0.0465 e. The summed E-state index contributed by atoms with van der Waals surface area (Å²) < 4.78 is 0. The van der Waals surface area contributed by atoms with Crippen LogP contribution in [0.3, 0.4) is 0 Å². The van der Waals surface area contributed by atoms with Crippen molar-refractivity contribution >= 4 is 27.2 Å². The monoisotopic (exact) mass is 293 g/mol. The van der Waals surface area contributed by atoms with Crippen molar-refractivity contribution in [3.63, 3.8) is 0 Å². The second-order valence-corrected chi connectivity index (χ2v) is 5.58. The lowest BCUT2D eigenvalue weighted by molar-refractivity contribution is 1.61. The Balaban J connectivity index is 1.98. The van der Waals surface area contributed by atoms with Crippen molar-refractivity contribution in [1.29, 1.82) is 0 Å². The molecule has 0 aromatic heterocycles. The van der Waals surface area contributed by atoms with Crippen molar-refractivity contribution in [2.24, 2.45) is 0 Å². The lowest BCUT2D eigenvalue weighted by atomic mass is 9.95. The van der Waals surface area contributed by atoms with E-state index in [1.165, 1.54) is 27.1 Å². The molecule has 4 rings (SSSR count). The van der Waals surface area contributed by atoms with Gasteiger partial charge in [0.2, 0.25) is 0 Å². The third-order valence-corrected chi connectivity index (χ3v) is 4.14. The van der Waals surface area contributed by atoms with Gasteiger partial charge in [0.1, 0.15) is 0 Å². The maximum Gasteiger partial charge on any atom is 0.0465 e. The molecule has 1 heteroatoms. The Labute approximate surface area is 135 Å². The van der Waals surface area contributed by atoms with E-state index < -0.39 is 0 Å². The molecule has 1 nitrogen and oxygen atoms in total. The average molecular weight is 293 g/mol. The lowest BCUT2D eigenvalue weighted by Gasteiger charge is -2.10. The van der Waals surface area contributed by atoms with Gasteiger partial charge < -0.3 is 5.32 Å². The van der Waals surface area contributed by atoms with Crippen molar-refractivity contribution < 1.29 is 0 Å². The number of anilines is 1. The van der Waals surface area contributed by atoms with Crippen molar-refractivity contribution in [1.82, 2.24) is 0 Å². The zero-order valence-electron chi connectivity index (χ0n) is 12.6. The molecule has 0 fully saturated rings. The van der Waals surface area contributed by atoms with Crippen LogP contribution in [0.4, 0.5) is 5.69 Å². The number of benzene rings is 4. The molecule has 0 unspecified atom stereocenters. The predicted octanol–water partition coefficient (Wildman–Crippen LogP) is 5.66. The van der Waals surface area contributed by atoms with E-state index in [0.29, 0.717) is 0 Å². The van der Waals surface area contributed by atoms with E-state index in [4.69, 9.17) is 6.42 Å². The predicted molar refractivity (Wildman–Crippen MR) is 99.3 cm³/mol. The Morgan fingerprint density at radius 2 is 1.43 bits per heavy atom. The number of nitrogens with one attached hydrogen (secondary N) is 1. The first kappa shape index (κ1) is 13.4. The topological polar surface area (TPSA) is 12.0 Å². The van der Waals surface area contributed by atoms with Gasteiger partial charge in [-0.3, -0.25) is 0 Å². The van der Waals surface area contributed by atoms with Gasteiger partial charge in [0, 0.05) is 11.7 Å². The van der Waals surface area contributed by atoms with Crippen LogP contribution in [0.15, 0.2) is 78.9 Å². The molecule has 1 N–H and O–H groups in total. The van der Waals surface area contributed by atoms with Crippen molar-refractivity contribution in [2.45, 2.75) is 0 Å². The van der Waals surface area contributed by atoms with E-state index >= 15 is 0 Å². The van der Waals surface area contributed by atoms with Gasteiger partial charge in [0.25, 0.3) is 0 Å². The third kappa shape index (κ3) is 2.41. The molecule has 0 heterocycles. The van der Waals surface area contributed by atoms with E-state index in [1.54, 1.807) is 0 Å². The average Bonchev–Trinajstić information content (AvgIpc) is 2.60. The maximum atomic E-state index is 5.34. The molecule has 4 aromatic carbocycles. The van der Waals surface area contributed by atoms with Crippen LogP contribution in [-0.4, -0.2) is 0 Å². The highest BCUT2D eigenvalue weighted by molar-refractivity contribution is 6.05. The molecule has 0 aliphatic carbocycles. The molecular formula is C22H15N. The molecule has 0 aliphatic rings. The molecule has 0 aliphatic heterocycles. The SMILES string of the molecule is C#CNc1cccc(-c2cccc3cc4ccccc4cc23)c1. The van der Waals surface area contributed by atoms with Gasteiger partial charge in [-0.05, 0) is 56.9 Å². The first-order valence-corrected chi connectivity index (χ1v) is 7.59. The fourth-order valence-corrected chi connectivity index (χ4v) is 3.07. The number of fused-ring (bicyclic) bond motifs is 2. The van der Waals surface area contributed by atoms with E-state index in [-0.39, 0.29) is 0 Å². The van der Waals surface area contributed by atoms with Crippen molar-refractivity contribution in [3.05, 3.63) is 78.9 Å². The van der Waals surface area contributed by atoms with Gasteiger partial charge in [-0.2, -0.15) is 0 Å². The van der Waals surface area contributed by atoms with Gasteiger partial charge in [-0.1, -0.05) is 61.0 Å². The van der Waals surface area contributed by atoms with Crippen LogP contribution in [0.5, 0.6) is 0 Å². The molecule has 4 aromatic rings. The number of hydrogen-bond donors (Lipinski definition) is 1. The Bertz CT molecular complexity index is 1050. The van der Waals surface area contributed by atoms with Gasteiger partial charge in [0.15, 0.2) is 0 Å². The minimum Gasteiger partial charge on any atom is -0.315 e. The van der Waals surface area contributed by atoms with E-state index in [9.17, 15) is 0 Å². The number of terminal acetylenes is 1. The standard InChI is InChI=1S/C22H15N/c1-2-23-20-11-5-9-19(14-20)21-12-6-10-18-13-16-7-3-4-8-17(16)15-22(18)21/h1,3-15,23H. The third-order valence-electron chi connectivity index (χ3n) is 4.14. The molecule has 108 valence electrons. The Kier molecular flexibility index (Phi) is 3.22. The second-order valence-electron chi connectivity index (χ2n) is 5.58. The summed E-state index contributed by atoms with van der Waals surface area (Å²) >= 11 is 0. The summed E-state index contributed by atoms with van der Waals surface area (Å²) in [5.41, 5.74) is 3.31. The summed E-state index contributed by atoms with van der Waals surface area (Å²) in [6.07, 6.45) is 5.34. The lowest BCUT2D eigenvalue weighted by Crippen LogP contribution is -1.88. The summed E-state index contributed by atoms with van der Waals surface area (Å²) in [7, 11) is 0. The largest absolute Gasteiger partial charge is 0.315 e. The highest BCUT2D eigenvalue weighted by Crippen LogP contribution is 2.32. The highest BCUT2D eigenvalue weighted by atomic mass is 14.8. The van der Waals surface area contributed by atoms with Crippen LogP contribution in [0.1, 0.15) is 0 Å². The fourth-order valence-electron chi connectivity index (χ4n) is 3.07. The van der Waals surface area contributed by atoms with Crippen LogP contribution in [0, 0.1) is 12.5 Å². The molecule has 0 atom stereocenters. The minimum absolute atomic E-state index is 0.933. The van der Waals surface area contributed by atoms with Gasteiger partial charge in [-0.15, -0.1) is 0 Å².